The molecule has 0 spiro atoms. The van der Waals surface area contributed by atoms with Crippen molar-refractivity contribution in [2.75, 3.05) is 44.6 Å². The first-order valence-electron chi connectivity index (χ1n) is 12.4. The summed E-state index contributed by atoms with van der Waals surface area (Å²) >= 11 is 0. The highest BCUT2D eigenvalue weighted by molar-refractivity contribution is 5.95. The van der Waals surface area contributed by atoms with E-state index < -0.39 is 0 Å². The molecule has 1 N–H and O–H groups in total. The van der Waals surface area contributed by atoms with Crippen LogP contribution in [0.2, 0.25) is 0 Å². The first kappa shape index (κ1) is 23.4. The average Bonchev–Trinajstić information content (AvgIpc) is 3.24. The van der Waals surface area contributed by atoms with Crippen LogP contribution in [0.3, 0.4) is 0 Å². The number of rotatable bonds is 4. The van der Waals surface area contributed by atoms with E-state index in [0.29, 0.717) is 41.5 Å². The van der Waals surface area contributed by atoms with Crippen LogP contribution < -0.4 is 24.4 Å². The molecule has 0 radical (unpaired) electrons. The molecule has 1 amide bonds. The van der Waals surface area contributed by atoms with Gasteiger partial charge in [0.25, 0.3) is 5.91 Å². The van der Waals surface area contributed by atoms with Crippen molar-refractivity contribution in [3.8, 4) is 17.2 Å². The van der Waals surface area contributed by atoms with Crippen LogP contribution in [0.15, 0.2) is 48.7 Å². The Morgan fingerprint density at radius 2 is 1.71 bits per heavy atom. The second-order valence-electron chi connectivity index (χ2n) is 9.83. The minimum absolute atomic E-state index is 0.0262. The molecule has 7 heteroatoms. The van der Waals surface area contributed by atoms with Crippen molar-refractivity contribution in [2.45, 2.75) is 38.3 Å². The van der Waals surface area contributed by atoms with E-state index >= 15 is 0 Å². The van der Waals surface area contributed by atoms with Crippen molar-refractivity contribution in [3.63, 3.8) is 0 Å². The number of amides is 1. The molecule has 2 aromatic rings. The van der Waals surface area contributed by atoms with Gasteiger partial charge in [-0.3, -0.25) is 4.79 Å². The minimum Gasteiger partial charge on any atom is -0.497 e. The summed E-state index contributed by atoms with van der Waals surface area (Å²) in [7, 11) is 4.91. The summed E-state index contributed by atoms with van der Waals surface area (Å²) in [6, 6.07) is 12.1. The van der Waals surface area contributed by atoms with Gasteiger partial charge in [-0.1, -0.05) is 13.0 Å². The molecule has 1 saturated heterocycles. The van der Waals surface area contributed by atoms with Crippen LogP contribution in [0.25, 0.3) is 0 Å². The third kappa shape index (κ3) is 4.51. The second kappa shape index (κ2) is 9.72. The summed E-state index contributed by atoms with van der Waals surface area (Å²) in [6.45, 7) is 3.72. The summed E-state index contributed by atoms with van der Waals surface area (Å²) in [6.07, 6.45) is 7.64. The Balaban J connectivity index is 1.50. The maximum atomic E-state index is 13.9. The van der Waals surface area contributed by atoms with Gasteiger partial charge in [0.15, 0.2) is 0 Å². The predicted molar refractivity (Wildman–Crippen MR) is 138 cm³/mol. The van der Waals surface area contributed by atoms with Crippen LogP contribution in [-0.2, 0) is 0 Å². The smallest absolute Gasteiger partial charge is 0.254 e. The highest BCUT2D eigenvalue weighted by atomic mass is 16.5. The average molecular weight is 478 g/mol. The van der Waals surface area contributed by atoms with Crippen molar-refractivity contribution in [1.82, 2.24) is 4.90 Å². The first-order valence-corrected chi connectivity index (χ1v) is 12.4. The molecule has 35 heavy (non-hydrogen) atoms. The SMILES string of the molecule is COc1cc(OC)cc(C(=O)N2CC3CCC2CNc2cc(OC)ccc2N2C=CC(C)C2C3)c1. The van der Waals surface area contributed by atoms with Gasteiger partial charge in [0, 0.05) is 49.1 Å². The van der Waals surface area contributed by atoms with Crippen LogP contribution in [-0.4, -0.2) is 57.3 Å². The van der Waals surface area contributed by atoms with Gasteiger partial charge in [-0.25, -0.2) is 0 Å². The molecule has 7 nitrogen and oxygen atoms in total. The number of hydrogen-bond acceptors (Lipinski definition) is 6. The fourth-order valence-electron chi connectivity index (χ4n) is 5.74. The van der Waals surface area contributed by atoms with E-state index in [2.05, 4.69) is 46.4 Å². The third-order valence-corrected chi connectivity index (χ3v) is 7.76. The minimum atomic E-state index is 0.0262. The molecule has 1 fully saturated rings. The monoisotopic (exact) mass is 477 g/mol. The summed E-state index contributed by atoms with van der Waals surface area (Å²) in [5.74, 6) is 2.97. The molecule has 186 valence electrons. The molecule has 6 rings (SSSR count). The van der Waals surface area contributed by atoms with Crippen molar-refractivity contribution >= 4 is 17.3 Å². The fourth-order valence-corrected chi connectivity index (χ4v) is 5.74. The van der Waals surface area contributed by atoms with Gasteiger partial charge in [-0.2, -0.15) is 0 Å². The molecule has 2 bridgehead atoms. The lowest BCUT2D eigenvalue weighted by Gasteiger charge is -2.41. The highest BCUT2D eigenvalue weighted by Crippen LogP contribution is 2.40. The topological polar surface area (TPSA) is 63.3 Å². The van der Waals surface area contributed by atoms with Crippen LogP contribution in [0, 0.1) is 11.8 Å². The number of hydrogen-bond donors (Lipinski definition) is 1. The van der Waals surface area contributed by atoms with Crippen LogP contribution >= 0.6 is 0 Å². The number of nitrogens with one attached hydrogen (secondary N) is 1. The molecule has 4 heterocycles. The van der Waals surface area contributed by atoms with E-state index in [-0.39, 0.29) is 11.9 Å². The molecular weight excluding hydrogens is 442 g/mol. The molecule has 4 atom stereocenters. The number of methoxy groups -OCH3 is 3. The zero-order chi connectivity index (χ0) is 24.5. The summed E-state index contributed by atoms with van der Waals surface area (Å²) in [5, 5.41) is 3.67. The Labute approximate surface area is 207 Å². The van der Waals surface area contributed by atoms with Crippen molar-refractivity contribution < 1.29 is 19.0 Å². The Bertz CT molecular complexity index is 1100. The molecule has 2 aromatic carbocycles. The Morgan fingerprint density at radius 1 is 0.971 bits per heavy atom. The van der Waals surface area contributed by atoms with Crippen molar-refractivity contribution in [1.29, 1.82) is 0 Å². The number of piperidine rings is 1. The van der Waals surface area contributed by atoms with Gasteiger partial charge in [0.1, 0.15) is 17.2 Å². The fraction of sp³-hybridized carbons (Fsp3) is 0.464. The molecular formula is C28H35N3O4. The van der Waals surface area contributed by atoms with Crippen LogP contribution in [0.1, 0.15) is 36.5 Å². The largest absolute Gasteiger partial charge is 0.497 e. The van der Waals surface area contributed by atoms with Gasteiger partial charge in [-0.15, -0.1) is 0 Å². The van der Waals surface area contributed by atoms with Crippen molar-refractivity contribution in [2.24, 2.45) is 11.8 Å². The number of benzene rings is 2. The van der Waals surface area contributed by atoms with Gasteiger partial charge in [0.05, 0.1) is 32.7 Å². The van der Waals surface area contributed by atoms with Gasteiger partial charge in [0.2, 0.25) is 0 Å². The number of carbonyl (C=O) groups is 1. The number of ether oxygens (including phenoxy) is 3. The molecule has 4 unspecified atom stereocenters. The molecule has 0 aromatic heterocycles. The summed E-state index contributed by atoms with van der Waals surface area (Å²) in [4.78, 5) is 18.3. The Kier molecular flexibility index (Phi) is 6.50. The lowest BCUT2D eigenvalue weighted by molar-refractivity contribution is 0.0534. The van der Waals surface area contributed by atoms with E-state index in [4.69, 9.17) is 14.2 Å². The molecule has 4 aliphatic rings. The summed E-state index contributed by atoms with van der Waals surface area (Å²) in [5.41, 5.74) is 2.79. The number of fused-ring (bicyclic) bond motifs is 3. The van der Waals surface area contributed by atoms with E-state index in [1.54, 1.807) is 27.4 Å². The normalized spacial score (nSPS) is 25.3. The summed E-state index contributed by atoms with van der Waals surface area (Å²) < 4.78 is 16.4. The van der Waals surface area contributed by atoms with Gasteiger partial charge >= 0.3 is 0 Å². The molecule has 0 aliphatic carbocycles. The van der Waals surface area contributed by atoms with E-state index in [1.165, 1.54) is 0 Å². The second-order valence-corrected chi connectivity index (χ2v) is 9.83. The van der Waals surface area contributed by atoms with E-state index in [0.717, 1.165) is 42.9 Å². The number of anilines is 2. The maximum absolute atomic E-state index is 13.9. The number of carbonyl (C=O) groups excluding carboxylic acids is 1. The van der Waals surface area contributed by atoms with Crippen LogP contribution in [0.5, 0.6) is 17.2 Å². The quantitative estimate of drug-likeness (QED) is 0.683. The Hall–Kier alpha value is -3.35. The van der Waals surface area contributed by atoms with E-state index in [9.17, 15) is 4.79 Å². The van der Waals surface area contributed by atoms with E-state index in [1.807, 2.05) is 18.2 Å². The van der Waals surface area contributed by atoms with Gasteiger partial charge < -0.3 is 29.3 Å². The van der Waals surface area contributed by atoms with Crippen LogP contribution in [0.4, 0.5) is 11.4 Å². The number of nitrogens with zero attached hydrogens (tertiary/aromatic N) is 2. The zero-order valence-electron chi connectivity index (χ0n) is 21.0. The molecule has 0 saturated carbocycles. The highest BCUT2D eigenvalue weighted by Gasteiger charge is 2.38. The predicted octanol–water partition coefficient (Wildman–Crippen LogP) is 4.79. The molecule has 4 aliphatic heterocycles. The Morgan fingerprint density at radius 3 is 2.43 bits per heavy atom. The van der Waals surface area contributed by atoms with Gasteiger partial charge in [-0.05, 0) is 55.4 Å². The third-order valence-electron chi connectivity index (χ3n) is 7.76. The standard InChI is InChI=1S/C28H35N3O4/c1-18-9-10-30-26-8-7-22(33-2)15-25(26)29-16-21-6-5-19(11-27(18)30)17-31(21)28(32)20-12-23(34-3)14-24(13-20)35-4/h7-10,12-15,18-19,21,27,29H,5-6,11,16-17H2,1-4H3. The first-order chi connectivity index (χ1) is 17.0. The van der Waals surface area contributed by atoms with Crippen molar-refractivity contribution in [3.05, 3.63) is 54.2 Å². The lowest BCUT2D eigenvalue weighted by Crippen LogP contribution is -2.50. The zero-order valence-corrected chi connectivity index (χ0v) is 21.0. The lowest BCUT2D eigenvalue weighted by atomic mass is 9.84. The maximum Gasteiger partial charge on any atom is 0.254 e.